The van der Waals surface area contributed by atoms with Crippen LogP contribution in [0.3, 0.4) is 0 Å². The highest BCUT2D eigenvalue weighted by Gasteiger charge is 2.26. The molecule has 2 N–H and O–H groups in total. The van der Waals surface area contributed by atoms with E-state index in [2.05, 4.69) is 31.9 Å². The molecule has 20 heavy (non-hydrogen) atoms. The van der Waals surface area contributed by atoms with Gasteiger partial charge in [0.2, 0.25) is 0 Å². The molecule has 1 aliphatic rings. The summed E-state index contributed by atoms with van der Waals surface area (Å²) in [6, 6.07) is 11.3. The summed E-state index contributed by atoms with van der Waals surface area (Å²) in [5.74, 6) is -0.00581. The minimum absolute atomic E-state index is 0.00581. The molecule has 1 heterocycles. The molecule has 2 aromatic carbocycles. The lowest BCUT2D eigenvalue weighted by Crippen LogP contribution is -2.29. The van der Waals surface area contributed by atoms with Crippen molar-refractivity contribution in [1.29, 1.82) is 0 Å². The zero-order valence-corrected chi connectivity index (χ0v) is 13.7. The number of carbonyl (C=O) groups excluding carboxylic acids is 1. The predicted molar refractivity (Wildman–Crippen MR) is 88.1 cm³/mol. The standard InChI is InChI=1S/C15H12Br2N2O/c16-10-2-4-12(13(17)7-10)15(20)19-6-5-9-1-3-11(18)8-14(9)19/h1-4,7-8H,5-6,18H2. The van der Waals surface area contributed by atoms with E-state index in [0.29, 0.717) is 17.8 Å². The molecule has 1 aliphatic heterocycles. The van der Waals surface area contributed by atoms with Crippen molar-refractivity contribution in [2.24, 2.45) is 0 Å². The number of hydrogen-bond donors (Lipinski definition) is 1. The molecule has 102 valence electrons. The number of fused-ring (bicyclic) bond motifs is 1. The first-order valence-electron chi connectivity index (χ1n) is 6.21. The molecule has 5 heteroatoms. The van der Waals surface area contributed by atoms with E-state index in [-0.39, 0.29) is 5.91 Å². The summed E-state index contributed by atoms with van der Waals surface area (Å²) in [7, 11) is 0. The Morgan fingerprint density at radius 2 is 1.95 bits per heavy atom. The highest BCUT2D eigenvalue weighted by Crippen LogP contribution is 2.32. The molecule has 0 unspecified atom stereocenters. The fraction of sp³-hybridized carbons (Fsp3) is 0.133. The van der Waals surface area contributed by atoms with Gasteiger partial charge in [0.25, 0.3) is 5.91 Å². The molecule has 0 radical (unpaired) electrons. The molecular formula is C15H12Br2N2O. The molecule has 0 aromatic heterocycles. The van der Waals surface area contributed by atoms with E-state index in [1.165, 1.54) is 5.56 Å². The van der Waals surface area contributed by atoms with E-state index in [9.17, 15) is 4.79 Å². The summed E-state index contributed by atoms with van der Waals surface area (Å²) < 4.78 is 1.72. The van der Waals surface area contributed by atoms with E-state index in [4.69, 9.17) is 5.73 Å². The van der Waals surface area contributed by atoms with Crippen molar-refractivity contribution in [3.05, 3.63) is 56.5 Å². The first kappa shape index (κ1) is 13.6. The summed E-state index contributed by atoms with van der Waals surface area (Å²) in [6.45, 7) is 0.695. The first-order valence-corrected chi connectivity index (χ1v) is 7.80. The fourth-order valence-corrected chi connectivity index (χ4v) is 3.63. The van der Waals surface area contributed by atoms with Crippen molar-refractivity contribution in [3.8, 4) is 0 Å². The lowest BCUT2D eigenvalue weighted by Gasteiger charge is -2.18. The fourth-order valence-electron chi connectivity index (χ4n) is 2.42. The average molecular weight is 396 g/mol. The third-order valence-corrected chi connectivity index (χ3v) is 4.56. The topological polar surface area (TPSA) is 46.3 Å². The molecule has 0 spiro atoms. The molecule has 2 aromatic rings. The van der Waals surface area contributed by atoms with Crippen molar-refractivity contribution >= 4 is 49.1 Å². The number of carbonyl (C=O) groups is 1. The highest BCUT2D eigenvalue weighted by molar-refractivity contribution is 9.11. The second-order valence-corrected chi connectivity index (χ2v) is 6.49. The molecule has 0 aliphatic carbocycles. The second-order valence-electron chi connectivity index (χ2n) is 4.72. The van der Waals surface area contributed by atoms with E-state index >= 15 is 0 Å². The van der Waals surface area contributed by atoms with Crippen LogP contribution < -0.4 is 10.6 Å². The number of benzene rings is 2. The maximum Gasteiger partial charge on any atom is 0.259 e. The Bertz CT molecular complexity index is 700. The average Bonchev–Trinajstić information content (AvgIpc) is 2.81. The highest BCUT2D eigenvalue weighted by atomic mass is 79.9. The smallest absolute Gasteiger partial charge is 0.259 e. The van der Waals surface area contributed by atoms with E-state index in [0.717, 1.165) is 21.1 Å². The molecule has 0 atom stereocenters. The van der Waals surface area contributed by atoms with Crippen molar-refractivity contribution in [1.82, 2.24) is 0 Å². The Kier molecular flexibility index (Phi) is 3.56. The molecular weight excluding hydrogens is 384 g/mol. The van der Waals surface area contributed by atoms with Crippen LogP contribution in [0.5, 0.6) is 0 Å². The van der Waals surface area contributed by atoms with E-state index < -0.39 is 0 Å². The Morgan fingerprint density at radius 1 is 1.15 bits per heavy atom. The van der Waals surface area contributed by atoms with Crippen LogP contribution in [0.25, 0.3) is 0 Å². The number of halogens is 2. The molecule has 0 saturated heterocycles. The van der Waals surface area contributed by atoms with Gasteiger partial charge in [-0.2, -0.15) is 0 Å². The zero-order valence-electron chi connectivity index (χ0n) is 10.6. The number of hydrogen-bond acceptors (Lipinski definition) is 2. The van der Waals surface area contributed by atoms with Gasteiger partial charge < -0.3 is 10.6 Å². The second kappa shape index (κ2) is 5.22. The van der Waals surface area contributed by atoms with Crippen LogP contribution in [0, 0.1) is 0 Å². The van der Waals surface area contributed by atoms with Crippen LogP contribution in [0.2, 0.25) is 0 Å². The lowest BCUT2D eigenvalue weighted by molar-refractivity contribution is 0.0988. The molecule has 0 fully saturated rings. The largest absolute Gasteiger partial charge is 0.399 e. The zero-order chi connectivity index (χ0) is 14.3. The number of amides is 1. The van der Waals surface area contributed by atoms with E-state index in [1.807, 2.05) is 36.4 Å². The normalized spacial score (nSPS) is 13.4. The Labute approximate surface area is 134 Å². The summed E-state index contributed by atoms with van der Waals surface area (Å²) in [6.07, 6.45) is 0.871. The van der Waals surface area contributed by atoms with Crippen LogP contribution in [0.4, 0.5) is 11.4 Å². The summed E-state index contributed by atoms with van der Waals surface area (Å²) in [5, 5.41) is 0. The molecule has 0 bridgehead atoms. The molecule has 0 saturated carbocycles. The molecule has 1 amide bonds. The third-order valence-electron chi connectivity index (χ3n) is 3.41. The van der Waals surface area contributed by atoms with Gasteiger partial charge in [-0.3, -0.25) is 4.79 Å². The molecule has 3 nitrogen and oxygen atoms in total. The van der Waals surface area contributed by atoms with Crippen molar-refractivity contribution in [3.63, 3.8) is 0 Å². The van der Waals surface area contributed by atoms with Gasteiger partial charge in [-0.25, -0.2) is 0 Å². The number of nitrogens with two attached hydrogens (primary N) is 1. The number of nitrogens with zero attached hydrogens (tertiary/aromatic N) is 1. The van der Waals surface area contributed by atoms with Gasteiger partial charge in [0.05, 0.1) is 5.56 Å². The Morgan fingerprint density at radius 3 is 2.70 bits per heavy atom. The van der Waals surface area contributed by atoms with Crippen LogP contribution in [-0.4, -0.2) is 12.5 Å². The summed E-state index contributed by atoms with van der Waals surface area (Å²) in [4.78, 5) is 14.5. The Hall–Kier alpha value is -1.33. The maximum absolute atomic E-state index is 12.7. The predicted octanol–water partition coefficient (Wildman–Crippen LogP) is 4.00. The van der Waals surface area contributed by atoms with Gasteiger partial charge in [0.15, 0.2) is 0 Å². The van der Waals surface area contributed by atoms with Gasteiger partial charge in [0.1, 0.15) is 0 Å². The Balaban J connectivity index is 1.99. The van der Waals surface area contributed by atoms with Crippen LogP contribution in [0.1, 0.15) is 15.9 Å². The third kappa shape index (κ3) is 2.36. The maximum atomic E-state index is 12.7. The van der Waals surface area contributed by atoms with Gasteiger partial charge in [-0.1, -0.05) is 22.0 Å². The van der Waals surface area contributed by atoms with Crippen LogP contribution in [-0.2, 0) is 6.42 Å². The SMILES string of the molecule is Nc1ccc2c(c1)N(C(=O)c1ccc(Br)cc1Br)CC2. The van der Waals surface area contributed by atoms with Gasteiger partial charge in [-0.05, 0) is 58.2 Å². The quantitative estimate of drug-likeness (QED) is 0.742. The van der Waals surface area contributed by atoms with Gasteiger partial charge >= 0.3 is 0 Å². The van der Waals surface area contributed by atoms with Crippen molar-refractivity contribution in [2.45, 2.75) is 6.42 Å². The summed E-state index contributed by atoms with van der Waals surface area (Å²) in [5.41, 5.74) is 9.25. The van der Waals surface area contributed by atoms with E-state index in [1.54, 1.807) is 4.90 Å². The lowest BCUT2D eigenvalue weighted by atomic mass is 10.1. The summed E-state index contributed by atoms with van der Waals surface area (Å²) >= 11 is 6.84. The number of nitrogen functional groups attached to an aromatic ring is 1. The van der Waals surface area contributed by atoms with Crippen molar-refractivity contribution < 1.29 is 4.79 Å². The van der Waals surface area contributed by atoms with Gasteiger partial charge in [-0.15, -0.1) is 0 Å². The number of rotatable bonds is 1. The monoisotopic (exact) mass is 394 g/mol. The minimum Gasteiger partial charge on any atom is -0.399 e. The first-order chi connectivity index (χ1) is 9.56. The number of anilines is 2. The molecule has 3 rings (SSSR count). The van der Waals surface area contributed by atoms with Gasteiger partial charge in [0, 0.05) is 26.9 Å². The van der Waals surface area contributed by atoms with Crippen molar-refractivity contribution in [2.75, 3.05) is 17.2 Å². The van der Waals surface area contributed by atoms with Crippen LogP contribution in [0.15, 0.2) is 45.3 Å². The minimum atomic E-state index is -0.00581. The van der Waals surface area contributed by atoms with Crippen LogP contribution >= 0.6 is 31.9 Å².